The van der Waals surface area contributed by atoms with Crippen LogP contribution in [-0.4, -0.2) is 30.9 Å². The van der Waals surface area contributed by atoms with Gasteiger partial charge in [0.05, 0.1) is 28.7 Å². The van der Waals surface area contributed by atoms with Gasteiger partial charge in [-0.2, -0.15) is 5.10 Å². The first-order valence-corrected chi connectivity index (χ1v) is 9.36. The summed E-state index contributed by atoms with van der Waals surface area (Å²) in [5.74, 6) is 0.0672. The van der Waals surface area contributed by atoms with Crippen molar-refractivity contribution in [2.75, 3.05) is 0 Å². The average molecular weight is 433 g/mol. The van der Waals surface area contributed by atoms with Crippen molar-refractivity contribution in [1.82, 2.24) is 25.1 Å². The number of aromatic amines is 2. The molecule has 4 aromatic rings. The summed E-state index contributed by atoms with van der Waals surface area (Å²) in [6, 6.07) is 9.35. The lowest BCUT2D eigenvalue weighted by Gasteiger charge is -2.23. The van der Waals surface area contributed by atoms with Gasteiger partial charge >= 0.3 is 0 Å². The van der Waals surface area contributed by atoms with Crippen LogP contribution in [0.2, 0.25) is 0 Å². The maximum absolute atomic E-state index is 12.9. The van der Waals surface area contributed by atoms with Crippen LogP contribution in [0.15, 0.2) is 59.8 Å². The van der Waals surface area contributed by atoms with Gasteiger partial charge in [0.1, 0.15) is 5.82 Å². The van der Waals surface area contributed by atoms with Crippen LogP contribution < -0.4 is 5.56 Å². The van der Waals surface area contributed by atoms with E-state index in [1.165, 1.54) is 0 Å². The largest absolute Gasteiger partial charge is 0.306 e. The van der Waals surface area contributed by atoms with E-state index < -0.39 is 0 Å². The van der Waals surface area contributed by atoms with Crippen molar-refractivity contribution in [3.63, 3.8) is 0 Å². The van der Waals surface area contributed by atoms with Gasteiger partial charge in [0.2, 0.25) is 0 Å². The minimum Gasteiger partial charge on any atom is -0.306 e. The Kier molecular flexibility index (Phi) is 3.80. The zero-order valence-electron chi connectivity index (χ0n) is 14.4. The molecule has 0 aliphatic heterocycles. The number of pyridine rings is 1. The highest BCUT2D eigenvalue weighted by Crippen LogP contribution is 2.37. The zero-order valence-corrected chi connectivity index (χ0v) is 16.0. The number of H-pyrrole nitrogens is 2. The SMILES string of the molecule is N=C1c2c(nc(-c3ccncc3)[nH]c2=O)C(Br)=CC1c1cccc2[nH]ncc12. The molecule has 3 N–H and O–H groups in total. The van der Waals surface area contributed by atoms with Gasteiger partial charge in [-0.05, 0) is 39.7 Å². The predicted molar refractivity (Wildman–Crippen MR) is 111 cm³/mol. The van der Waals surface area contributed by atoms with E-state index in [1.54, 1.807) is 30.7 Å². The van der Waals surface area contributed by atoms with Crippen molar-refractivity contribution in [3.8, 4) is 11.4 Å². The Morgan fingerprint density at radius 2 is 1.96 bits per heavy atom. The summed E-state index contributed by atoms with van der Waals surface area (Å²) in [5, 5.41) is 16.7. The van der Waals surface area contributed by atoms with Gasteiger partial charge in [0.25, 0.3) is 5.56 Å². The Hall–Kier alpha value is -3.39. The van der Waals surface area contributed by atoms with E-state index in [0.717, 1.165) is 22.0 Å². The van der Waals surface area contributed by atoms with Gasteiger partial charge in [-0.15, -0.1) is 0 Å². The summed E-state index contributed by atoms with van der Waals surface area (Å²) in [6.45, 7) is 0. The monoisotopic (exact) mass is 432 g/mol. The molecule has 8 heteroatoms. The molecule has 0 saturated carbocycles. The van der Waals surface area contributed by atoms with Crippen LogP contribution in [0.25, 0.3) is 26.8 Å². The van der Waals surface area contributed by atoms with E-state index in [2.05, 4.69) is 41.1 Å². The second kappa shape index (κ2) is 6.35. The molecular weight excluding hydrogens is 420 g/mol. The lowest BCUT2D eigenvalue weighted by atomic mass is 9.84. The Morgan fingerprint density at radius 3 is 2.79 bits per heavy atom. The van der Waals surface area contributed by atoms with Gasteiger partial charge in [0.15, 0.2) is 0 Å². The fourth-order valence-electron chi connectivity index (χ4n) is 3.51. The second-order valence-electron chi connectivity index (χ2n) is 6.46. The van der Waals surface area contributed by atoms with Crippen LogP contribution in [0.3, 0.4) is 0 Å². The third-order valence-corrected chi connectivity index (χ3v) is 5.49. The van der Waals surface area contributed by atoms with Crippen molar-refractivity contribution in [2.45, 2.75) is 5.92 Å². The number of nitrogens with one attached hydrogen (secondary N) is 3. The van der Waals surface area contributed by atoms with Crippen molar-refractivity contribution < 1.29 is 0 Å². The van der Waals surface area contributed by atoms with Crippen LogP contribution in [0.1, 0.15) is 22.7 Å². The van der Waals surface area contributed by atoms with Gasteiger partial charge < -0.3 is 10.4 Å². The van der Waals surface area contributed by atoms with Crippen molar-refractivity contribution in [1.29, 1.82) is 5.41 Å². The highest BCUT2D eigenvalue weighted by Gasteiger charge is 2.30. The van der Waals surface area contributed by atoms with Gasteiger partial charge in [-0.3, -0.25) is 14.9 Å². The smallest absolute Gasteiger partial charge is 0.260 e. The summed E-state index contributed by atoms with van der Waals surface area (Å²) in [7, 11) is 0. The third-order valence-electron chi connectivity index (χ3n) is 4.85. The first-order valence-electron chi connectivity index (χ1n) is 8.56. The summed E-state index contributed by atoms with van der Waals surface area (Å²) in [5.41, 5.74) is 3.18. The van der Waals surface area contributed by atoms with Crippen LogP contribution >= 0.6 is 15.9 Å². The maximum Gasteiger partial charge on any atom is 0.260 e. The Balaban J connectivity index is 1.68. The molecule has 1 unspecified atom stereocenters. The van der Waals surface area contributed by atoms with E-state index >= 15 is 0 Å². The molecule has 1 aliphatic rings. The summed E-state index contributed by atoms with van der Waals surface area (Å²) in [4.78, 5) is 24.3. The van der Waals surface area contributed by atoms with Crippen LogP contribution in [0.5, 0.6) is 0 Å². The summed E-state index contributed by atoms with van der Waals surface area (Å²) in [6.07, 6.45) is 6.94. The molecule has 1 aromatic carbocycles. The summed E-state index contributed by atoms with van der Waals surface area (Å²) < 4.78 is 0.686. The molecule has 7 nitrogen and oxygen atoms in total. The third kappa shape index (κ3) is 2.53. The minimum absolute atomic E-state index is 0.210. The van der Waals surface area contributed by atoms with Crippen LogP contribution in [-0.2, 0) is 0 Å². The average Bonchev–Trinajstić information content (AvgIpc) is 3.20. The molecule has 1 atom stereocenters. The Labute approximate surface area is 167 Å². The fraction of sp³-hybridized carbons (Fsp3) is 0.0500. The lowest BCUT2D eigenvalue weighted by Crippen LogP contribution is -2.28. The quantitative estimate of drug-likeness (QED) is 0.449. The van der Waals surface area contributed by atoms with Gasteiger partial charge in [-0.1, -0.05) is 18.2 Å². The Bertz CT molecular complexity index is 1320. The second-order valence-corrected chi connectivity index (χ2v) is 7.31. The molecule has 5 rings (SSSR count). The van der Waals surface area contributed by atoms with Crippen molar-refractivity contribution in [2.24, 2.45) is 0 Å². The highest BCUT2D eigenvalue weighted by atomic mass is 79.9. The molecule has 0 amide bonds. The Morgan fingerprint density at radius 1 is 1.14 bits per heavy atom. The first-order chi connectivity index (χ1) is 13.6. The number of aromatic nitrogens is 5. The van der Waals surface area contributed by atoms with E-state index in [1.807, 2.05) is 24.3 Å². The number of halogens is 1. The standard InChI is InChI=1S/C20H13BrN6O/c21-14-8-12(11-2-1-3-15-13(11)9-24-27-15)17(22)16-18(14)25-19(26-20(16)28)10-4-6-23-7-5-10/h1-9,12,22H,(H,24,27)(H,25,26,28). The van der Waals surface area contributed by atoms with E-state index in [0.29, 0.717) is 16.0 Å². The molecule has 0 radical (unpaired) electrons. The lowest BCUT2D eigenvalue weighted by molar-refractivity contribution is 1.05. The van der Waals surface area contributed by atoms with Crippen molar-refractivity contribution in [3.05, 3.63) is 82.2 Å². The predicted octanol–water partition coefficient (Wildman–Crippen LogP) is 3.61. The zero-order chi connectivity index (χ0) is 19.3. The minimum atomic E-state index is -0.377. The molecular formula is C20H13BrN6O. The number of hydrogen-bond acceptors (Lipinski definition) is 5. The topological polar surface area (TPSA) is 111 Å². The molecule has 3 aromatic heterocycles. The molecule has 3 heterocycles. The maximum atomic E-state index is 12.9. The van der Waals surface area contributed by atoms with Gasteiger partial charge in [-0.25, -0.2) is 4.98 Å². The van der Waals surface area contributed by atoms with E-state index in [-0.39, 0.29) is 22.8 Å². The number of nitrogens with zero attached hydrogens (tertiary/aromatic N) is 3. The summed E-state index contributed by atoms with van der Waals surface area (Å²) >= 11 is 3.56. The number of rotatable bonds is 2. The van der Waals surface area contributed by atoms with Crippen molar-refractivity contribution >= 4 is 37.0 Å². The molecule has 0 fully saturated rings. The number of fused-ring (bicyclic) bond motifs is 2. The molecule has 0 saturated heterocycles. The highest BCUT2D eigenvalue weighted by molar-refractivity contribution is 9.15. The fourth-order valence-corrected chi connectivity index (χ4v) is 4.07. The number of hydrogen-bond donors (Lipinski definition) is 3. The molecule has 0 bridgehead atoms. The molecule has 136 valence electrons. The van der Waals surface area contributed by atoms with Gasteiger partial charge in [0, 0.05) is 33.7 Å². The van der Waals surface area contributed by atoms with E-state index in [4.69, 9.17) is 5.41 Å². The van der Waals surface area contributed by atoms with E-state index in [9.17, 15) is 4.79 Å². The molecule has 28 heavy (non-hydrogen) atoms. The molecule has 0 spiro atoms. The first kappa shape index (κ1) is 16.8. The number of allylic oxidation sites excluding steroid dienone is 1. The number of benzene rings is 1. The normalized spacial score (nSPS) is 16.1. The van der Waals surface area contributed by atoms with Crippen LogP contribution in [0.4, 0.5) is 0 Å². The van der Waals surface area contributed by atoms with Crippen LogP contribution in [0, 0.1) is 5.41 Å². The molecule has 1 aliphatic carbocycles.